The third-order valence-electron chi connectivity index (χ3n) is 4.72. The van der Waals surface area contributed by atoms with E-state index in [0.29, 0.717) is 12.6 Å². The van der Waals surface area contributed by atoms with Gasteiger partial charge in [-0.05, 0) is 49.6 Å². The van der Waals surface area contributed by atoms with Gasteiger partial charge in [-0.15, -0.1) is 30.6 Å². The van der Waals surface area contributed by atoms with Gasteiger partial charge in [-0.1, -0.05) is 6.08 Å². The van der Waals surface area contributed by atoms with Crippen LogP contribution in [0.5, 0.6) is 11.5 Å². The number of nitrogens with zero attached hydrogens (tertiary/aromatic N) is 1. The predicted molar refractivity (Wildman–Crippen MR) is 127 cm³/mol. The van der Waals surface area contributed by atoms with Crippen molar-refractivity contribution in [2.45, 2.75) is 43.5 Å². The zero-order chi connectivity index (χ0) is 18.9. The third kappa shape index (κ3) is 6.78. The van der Waals surface area contributed by atoms with Crippen molar-refractivity contribution in [3.05, 3.63) is 35.9 Å². The number of rotatable bonds is 8. The highest BCUT2D eigenvalue weighted by atomic mass is 127. The van der Waals surface area contributed by atoms with Crippen molar-refractivity contribution in [2.24, 2.45) is 4.99 Å². The summed E-state index contributed by atoms with van der Waals surface area (Å²) in [5.41, 5.74) is 2.19. The maximum Gasteiger partial charge on any atom is 0.191 e. The van der Waals surface area contributed by atoms with Crippen molar-refractivity contribution in [2.75, 3.05) is 27.5 Å². The summed E-state index contributed by atoms with van der Waals surface area (Å²) in [7, 11) is 5.14. The summed E-state index contributed by atoms with van der Waals surface area (Å²) in [6.45, 7) is 4.50. The highest BCUT2D eigenvalue weighted by molar-refractivity contribution is 14.0. The highest BCUT2D eigenvalue weighted by Gasteiger charge is 2.24. The molecule has 0 amide bonds. The number of hydrogen-bond donors (Lipinski definition) is 2. The minimum atomic E-state index is 0. The number of methoxy groups -OCH3 is 2. The van der Waals surface area contributed by atoms with E-state index in [-0.39, 0.29) is 24.0 Å². The number of hydrogen-bond acceptors (Lipinski definition) is 4. The molecule has 27 heavy (non-hydrogen) atoms. The van der Waals surface area contributed by atoms with Crippen LogP contribution in [0.1, 0.15) is 30.4 Å². The van der Waals surface area contributed by atoms with Gasteiger partial charge in [0.1, 0.15) is 0 Å². The second kappa shape index (κ2) is 12.4. The van der Waals surface area contributed by atoms with Gasteiger partial charge in [-0.3, -0.25) is 4.99 Å². The number of aliphatic imine (C=N–C) groups is 1. The Hall–Kier alpha value is -1.09. The molecular weight excluding hydrogens is 473 g/mol. The van der Waals surface area contributed by atoms with Gasteiger partial charge in [0.2, 0.25) is 0 Å². The first-order valence-electron chi connectivity index (χ1n) is 8.99. The first-order valence-corrected chi connectivity index (χ1v) is 10.3. The summed E-state index contributed by atoms with van der Waals surface area (Å²) in [5, 5.41) is 7.72. The van der Waals surface area contributed by atoms with Crippen LogP contribution in [0.15, 0.2) is 29.8 Å². The van der Waals surface area contributed by atoms with E-state index in [1.54, 1.807) is 14.2 Å². The zero-order valence-electron chi connectivity index (χ0n) is 16.7. The van der Waals surface area contributed by atoms with Crippen LogP contribution >= 0.6 is 35.7 Å². The van der Waals surface area contributed by atoms with Gasteiger partial charge < -0.3 is 20.1 Å². The second-order valence-electron chi connectivity index (χ2n) is 6.42. The van der Waals surface area contributed by atoms with E-state index in [1.165, 1.54) is 19.3 Å². The van der Waals surface area contributed by atoms with E-state index < -0.39 is 0 Å². The number of allylic oxidation sites excluding steroid dienone is 1. The summed E-state index contributed by atoms with van der Waals surface area (Å²) in [6.07, 6.45) is 8.47. The lowest BCUT2D eigenvalue weighted by Crippen LogP contribution is -2.42. The lowest BCUT2D eigenvalue weighted by Gasteiger charge is -2.18. The molecule has 0 aromatic heterocycles. The molecule has 0 radical (unpaired) electrons. The van der Waals surface area contributed by atoms with E-state index in [2.05, 4.69) is 34.5 Å². The van der Waals surface area contributed by atoms with Crippen molar-refractivity contribution >= 4 is 41.7 Å². The van der Waals surface area contributed by atoms with Gasteiger partial charge in [0.05, 0.1) is 14.2 Å². The van der Waals surface area contributed by atoms with Crippen molar-refractivity contribution in [3.8, 4) is 11.5 Å². The summed E-state index contributed by atoms with van der Waals surface area (Å²) >= 11 is 1.96. The topological polar surface area (TPSA) is 54.9 Å². The number of thioether (sulfide) groups is 1. The number of guanidine groups is 1. The Morgan fingerprint density at radius 2 is 2.11 bits per heavy atom. The zero-order valence-corrected chi connectivity index (χ0v) is 19.9. The molecule has 2 unspecified atom stereocenters. The second-order valence-corrected chi connectivity index (χ2v) is 7.56. The summed E-state index contributed by atoms with van der Waals surface area (Å²) in [4.78, 5) is 4.37. The summed E-state index contributed by atoms with van der Waals surface area (Å²) in [5.74, 6) is 2.36. The van der Waals surface area contributed by atoms with E-state index in [4.69, 9.17) is 9.47 Å². The van der Waals surface area contributed by atoms with Crippen LogP contribution in [-0.2, 0) is 13.0 Å². The summed E-state index contributed by atoms with van der Waals surface area (Å²) in [6, 6.07) is 4.63. The maximum absolute atomic E-state index is 5.50. The van der Waals surface area contributed by atoms with E-state index in [9.17, 15) is 0 Å². The molecule has 2 atom stereocenters. The Balaban J connectivity index is 0.00000364. The van der Waals surface area contributed by atoms with Gasteiger partial charge in [-0.2, -0.15) is 11.8 Å². The molecule has 2 rings (SSSR count). The van der Waals surface area contributed by atoms with Crippen LogP contribution in [0.4, 0.5) is 0 Å². The summed E-state index contributed by atoms with van der Waals surface area (Å²) < 4.78 is 11.0. The van der Waals surface area contributed by atoms with Crippen LogP contribution in [0.2, 0.25) is 0 Å². The number of ether oxygens (including phenoxy) is 2. The van der Waals surface area contributed by atoms with Gasteiger partial charge in [0, 0.05) is 30.4 Å². The predicted octanol–water partition coefficient (Wildman–Crippen LogP) is 4.00. The largest absolute Gasteiger partial charge is 0.493 e. The lowest BCUT2D eigenvalue weighted by molar-refractivity contribution is 0.352. The SMILES string of the molecule is C=CCc1cc(CNC(=NC)NC2CCC(SC)C2)cc(OC)c1OC.I. The quantitative estimate of drug-likeness (QED) is 0.242. The monoisotopic (exact) mass is 505 g/mol. The van der Waals surface area contributed by atoms with E-state index in [1.807, 2.05) is 31.0 Å². The first kappa shape index (κ1) is 23.9. The van der Waals surface area contributed by atoms with Gasteiger partial charge >= 0.3 is 0 Å². The molecule has 1 aromatic rings. The fourth-order valence-electron chi connectivity index (χ4n) is 3.37. The molecule has 1 fully saturated rings. The third-order valence-corrected chi connectivity index (χ3v) is 5.82. The van der Waals surface area contributed by atoms with Crippen LogP contribution in [0.25, 0.3) is 0 Å². The molecule has 0 heterocycles. The van der Waals surface area contributed by atoms with Gasteiger partial charge in [0.15, 0.2) is 17.5 Å². The fraction of sp³-hybridized carbons (Fsp3) is 0.550. The minimum absolute atomic E-state index is 0. The Kier molecular flexibility index (Phi) is 11.0. The molecule has 0 bridgehead atoms. The lowest BCUT2D eigenvalue weighted by atomic mass is 10.1. The molecular formula is C20H32IN3O2S. The number of benzene rings is 1. The molecule has 0 aliphatic heterocycles. The molecule has 2 N–H and O–H groups in total. The van der Waals surface area contributed by atoms with Crippen molar-refractivity contribution in [1.82, 2.24) is 10.6 Å². The first-order chi connectivity index (χ1) is 12.6. The number of halogens is 1. The Labute approximate surface area is 184 Å². The fourth-order valence-corrected chi connectivity index (χ4v) is 4.17. The average molecular weight is 505 g/mol. The Morgan fingerprint density at radius 3 is 2.67 bits per heavy atom. The maximum atomic E-state index is 5.50. The molecule has 1 aliphatic carbocycles. The van der Waals surface area contributed by atoms with Crippen molar-refractivity contribution < 1.29 is 9.47 Å². The molecule has 5 nitrogen and oxygen atoms in total. The molecule has 1 aliphatic rings. The van der Waals surface area contributed by atoms with Crippen LogP contribution in [0, 0.1) is 0 Å². The molecule has 0 saturated heterocycles. The van der Waals surface area contributed by atoms with E-state index in [0.717, 1.165) is 40.3 Å². The molecule has 0 spiro atoms. The van der Waals surface area contributed by atoms with E-state index >= 15 is 0 Å². The van der Waals surface area contributed by atoms with Crippen molar-refractivity contribution in [3.63, 3.8) is 0 Å². The van der Waals surface area contributed by atoms with Crippen LogP contribution in [-0.4, -0.2) is 44.8 Å². The normalized spacial score (nSPS) is 19.2. The Bertz CT molecular complexity index is 640. The standard InChI is InChI=1S/C20H31N3O2S.HI/c1-6-7-15-10-14(11-18(24-3)19(15)25-4)13-22-20(21-2)23-16-8-9-17(12-16)26-5;/h6,10-11,16-17H,1,7-9,12-13H2,2-5H3,(H2,21,22,23);1H. The van der Waals surface area contributed by atoms with Gasteiger partial charge in [-0.25, -0.2) is 0 Å². The smallest absolute Gasteiger partial charge is 0.191 e. The van der Waals surface area contributed by atoms with Crippen LogP contribution < -0.4 is 20.1 Å². The molecule has 1 aromatic carbocycles. The molecule has 7 heteroatoms. The number of nitrogens with one attached hydrogen (secondary N) is 2. The highest BCUT2D eigenvalue weighted by Crippen LogP contribution is 2.33. The molecule has 152 valence electrons. The average Bonchev–Trinajstić information content (AvgIpc) is 3.12. The minimum Gasteiger partial charge on any atom is -0.493 e. The van der Waals surface area contributed by atoms with Gasteiger partial charge in [0.25, 0.3) is 0 Å². The van der Waals surface area contributed by atoms with Crippen LogP contribution in [0.3, 0.4) is 0 Å². The Morgan fingerprint density at radius 1 is 1.33 bits per heavy atom. The molecule has 1 saturated carbocycles. The van der Waals surface area contributed by atoms with Crippen molar-refractivity contribution in [1.29, 1.82) is 0 Å².